The summed E-state index contributed by atoms with van der Waals surface area (Å²) in [5.41, 5.74) is 2.94. The third-order valence-corrected chi connectivity index (χ3v) is 4.29. The normalized spacial score (nSPS) is 14.1. The van der Waals surface area contributed by atoms with Crippen LogP contribution < -0.4 is 0 Å². The molecule has 0 fully saturated rings. The van der Waals surface area contributed by atoms with E-state index in [0.717, 1.165) is 11.4 Å². The summed E-state index contributed by atoms with van der Waals surface area (Å²) in [6.45, 7) is 9.26. The molecule has 0 saturated heterocycles. The van der Waals surface area contributed by atoms with Crippen LogP contribution in [0.15, 0.2) is 24.4 Å². The van der Waals surface area contributed by atoms with Crippen LogP contribution in [0.2, 0.25) is 5.02 Å². The minimum Gasteiger partial charge on any atom is -0.361 e. The molecule has 1 heterocycles. The molecule has 2 heteroatoms. The summed E-state index contributed by atoms with van der Waals surface area (Å²) >= 11 is 6.07. The molecule has 2 rings (SSSR count). The number of hydrogen-bond donors (Lipinski definition) is 1. The lowest BCUT2D eigenvalue weighted by Crippen LogP contribution is -2.17. The van der Waals surface area contributed by atoms with Crippen molar-refractivity contribution in [2.75, 3.05) is 0 Å². The molecule has 98 valence electrons. The Bertz CT molecular complexity index is 534. The molecular weight excluding hydrogens is 242 g/mol. The molecular formula is C16H22ClN. The Hall–Kier alpha value is -0.950. The van der Waals surface area contributed by atoms with Crippen LogP contribution in [-0.4, -0.2) is 4.98 Å². The number of fused-ring (bicyclic) bond motifs is 1. The molecule has 0 bridgehead atoms. The summed E-state index contributed by atoms with van der Waals surface area (Å²) in [5, 5.41) is 2.08. The lowest BCUT2D eigenvalue weighted by atomic mass is 9.79. The van der Waals surface area contributed by atoms with E-state index in [-0.39, 0.29) is 0 Å². The number of aryl methyl sites for hydroxylation is 1. The van der Waals surface area contributed by atoms with Gasteiger partial charge in [0.2, 0.25) is 0 Å². The SMILES string of the molecule is CC(CCc1c[nH]c2ccc(Cl)cc12)C(C)(C)C. The fourth-order valence-corrected chi connectivity index (χ4v) is 2.33. The van der Waals surface area contributed by atoms with Gasteiger partial charge in [0, 0.05) is 22.1 Å². The zero-order valence-corrected chi connectivity index (χ0v) is 12.4. The highest BCUT2D eigenvalue weighted by atomic mass is 35.5. The Labute approximate surface area is 115 Å². The average Bonchev–Trinajstić information content (AvgIpc) is 2.67. The Morgan fingerprint density at radius 3 is 2.67 bits per heavy atom. The molecule has 1 nitrogen and oxygen atoms in total. The first-order valence-electron chi connectivity index (χ1n) is 6.63. The van der Waals surface area contributed by atoms with Crippen molar-refractivity contribution in [1.82, 2.24) is 4.98 Å². The Morgan fingerprint density at radius 2 is 2.00 bits per heavy atom. The quantitative estimate of drug-likeness (QED) is 0.759. The maximum Gasteiger partial charge on any atom is 0.0457 e. The van der Waals surface area contributed by atoms with E-state index in [9.17, 15) is 0 Å². The summed E-state index contributed by atoms with van der Waals surface area (Å²) in [4.78, 5) is 3.32. The summed E-state index contributed by atoms with van der Waals surface area (Å²) in [6, 6.07) is 6.04. The van der Waals surface area contributed by atoms with E-state index in [1.165, 1.54) is 22.9 Å². The van der Waals surface area contributed by atoms with Gasteiger partial charge in [-0.15, -0.1) is 0 Å². The fraction of sp³-hybridized carbons (Fsp3) is 0.500. The first kappa shape index (κ1) is 13.5. The maximum atomic E-state index is 6.07. The van der Waals surface area contributed by atoms with Crippen LogP contribution in [0.4, 0.5) is 0 Å². The minimum atomic E-state index is 0.379. The molecule has 1 atom stereocenters. The van der Waals surface area contributed by atoms with Crippen molar-refractivity contribution in [3.8, 4) is 0 Å². The van der Waals surface area contributed by atoms with Gasteiger partial charge in [0.1, 0.15) is 0 Å². The maximum absolute atomic E-state index is 6.07. The molecule has 0 amide bonds. The van der Waals surface area contributed by atoms with Crippen LogP contribution in [-0.2, 0) is 6.42 Å². The van der Waals surface area contributed by atoms with Crippen molar-refractivity contribution in [3.63, 3.8) is 0 Å². The van der Waals surface area contributed by atoms with E-state index in [4.69, 9.17) is 11.6 Å². The largest absolute Gasteiger partial charge is 0.361 e. The number of nitrogens with one attached hydrogen (secondary N) is 1. The summed E-state index contributed by atoms with van der Waals surface area (Å²) < 4.78 is 0. The smallest absolute Gasteiger partial charge is 0.0457 e. The molecule has 18 heavy (non-hydrogen) atoms. The lowest BCUT2D eigenvalue weighted by molar-refractivity contribution is 0.247. The van der Waals surface area contributed by atoms with E-state index < -0.39 is 0 Å². The molecule has 0 saturated carbocycles. The predicted octanol–water partition coefficient (Wildman–Crippen LogP) is 5.44. The van der Waals surface area contributed by atoms with Crippen LogP contribution in [0, 0.1) is 11.3 Å². The van der Waals surface area contributed by atoms with Crippen LogP contribution in [0.5, 0.6) is 0 Å². The van der Waals surface area contributed by atoms with E-state index in [2.05, 4.69) is 44.9 Å². The standard InChI is InChI=1S/C16H22ClN/c1-11(16(2,3)4)5-6-12-10-18-15-8-7-13(17)9-14(12)15/h7-11,18H,5-6H2,1-4H3. The number of rotatable bonds is 3. The molecule has 0 aliphatic heterocycles. The van der Waals surface area contributed by atoms with Gasteiger partial charge >= 0.3 is 0 Å². The van der Waals surface area contributed by atoms with Gasteiger partial charge in [0.05, 0.1) is 0 Å². The molecule has 0 aliphatic rings. The van der Waals surface area contributed by atoms with Gasteiger partial charge in [-0.2, -0.15) is 0 Å². The van der Waals surface area contributed by atoms with Gasteiger partial charge in [-0.05, 0) is 47.9 Å². The van der Waals surface area contributed by atoms with Crippen LogP contribution >= 0.6 is 11.6 Å². The van der Waals surface area contributed by atoms with E-state index in [1.54, 1.807) is 0 Å². The van der Waals surface area contributed by atoms with Crippen molar-refractivity contribution in [2.45, 2.75) is 40.5 Å². The van der Waals surface area contributed by atoms with Gasteiger partial charge in [-0.25, -0.2) is 0 Å². The number of benzene rings is 1. The highest BCUT2D eigenvalue weighted by Crippen LogP contribution is 2.30. The average molecular weight is 264 g/mol. The molecule has 0 spiro atoms. The number of hydrogen-bond acceptors (Lipinski definition) is 0. The van der Waals surface area contributed by atoms with Crippen LogP contribution in [0.25, 0.3) is 10.9 Å². The zero-order chi connectivity index (χ0) is 13.3. The third-order valence-electron chi connectivity index (χ3n) is 4.05. The molecule has 1 aromatic carbocycles. The van der Waals surface area contributed by atoms with Crippen molar-refractivity contribution in [3.05, 3.63) is 35.0 Å². The fourth-order valence-electron chi connectivity index (χ4n) is 2.16. The second kappa shape index (κ2) is 4.97. The lowest BCUT2D eigenvalue weighted by Gasteiger charge is -2.27. The van der Waals surface area contributed by atoms with E-state index in [0.29, 0.717) is 11.3 Å². The Morgan fingerprint density at radius 1 is 1.28 bits per heavy atom. The minimum absolute atomic E-state index is 0.379. The Balaban J connectivity index is 2.15. The summed E-state index contributed by atoms with van der Waals surface area (Å²) in [7, 11) is 0. The van der Waals surface area contributed by atoms with Crippen molar-refractivity contribution < 1.29 is 0 Å². The van der Waals surface area contributed by atoms with Crippen molar-refractivity contribution in [1.29, 1.82) is 0 Å². The van der Waals surface area contributed by atoms with Crippen LogP contribution in [0.3, 0.4) is 0 Å². The highest BCUT2D eigenvalue weighted by Gasteiger charge is 2.19. The number of aromatic amines is 1. The molecule has 0 aliphatic carbocycles. The van der Waals surface area contributed by atoms with E-state index in [1.807, 2.05) is 12.1 Å². The number of aromatic nitrogens is 1. The second-order valence-electron chi connectivity index (χ2n) is 6.31. The first-order valence-corrected chi connectivity index (χ1v) is 7.01. The van der Waals surface area contributed by atoms with Gasteiger partial charge in [0.25, 0.3) is 0 Å². The molecule has 1 aromatic heterocycles. The summed E-state index contributed by atoms with van der Waals surface area (Å²) in [6.07, 6.45) is 4.44. The van der Waals surface area contributed by atoms with Gasteiger partial charge in [0.15, 0.2) is 0 Å². The number of H-pyrrole nitrogens is 1. The molecule has 2 aromatic rings. The van der Waals surface area contributed by atoms with Gasteiger partial charge in [-0.3, -0.25) is 0 Å². The zero-order valence-electron chi connectivity index (χ0n) is 11.7. The topological polar surface area (TPSA) is 15.8 Å². The van der Waals surface area contributed by atoms with E-state index >= 15 is 0 Å². The first-order chi connectivity index (χ1) is 8.38. The second-order valence-corrected chi connectivity index (χ2v) is 6.75. The highest BCUT2D eigenvalue weighted by molar-refractivity contribution is 6.31. The summed E-state index contributed by atoms with van der Waals surface area (Å²) in [5.74, 6) is 0.710. The Kier molecular flexibility index (Phi) is 3.72. The van der Waals surface area contributed by atoms with Crippen molar-refractivity contribution in [2.24, 2.45) is 11.3 Å². The molecule has 1 N–H and O–H groups in total. The van der Waals surface area contributed by atoms with Gasteiger partial charge < -0.3 is 4.98 Å². The monoisotopic (exact) mass is 263 g/mol. The van der Waals surface area contributed by atoms with Crippen molar-refractivity contribution >= 4 is 22.5 Å². The predicted molar refractivity (Wildman–Crippen MR) is 80.2 cm³/mol. The van der Waals surface area contributed by atoms with Crippen LogP contribution in [0.1, 0.15) is 39.7 Å². The molecule has 1 unspecified atom stereocenters. The molecule has 0 radical (unpaired) electrons. The number of halogens is 1. The third kappa shape index (κ3) is 2.89. The van der Waals surface area contributed by atoms with Gasteiger partial charge in [-0.1, -0.05) is 39.3 Å².